The number of nitrogens with zero attached hydrogens (tertiary/aromatic N) is 3. The van der Waals surface area contributed by atoms with Gasteiger partial charge in [0.15, 0.2) is 5.13 Å². The van der Waals surface area contributed by atoms with Crippen LogP contribution in [0.15, 0.2) is 71.9 Å². The average molecular weight is 450 g/mol. The Morgan fingerprint density at radius 3 is 2.74 bits per heavy atom. The lowest BCUT2D eigenvalue weighted by Gasteiger charge is -2.19. The fourth-order valence-corrected chi connectivity index (χ4v) is 4.84. The second kappa shape index (κ2) is 9.94. The Morgan fingerprint density at radius 1 is 1.16 bits per heavy atom. The van der Waals surface area contributed by atoms with E-state index in [1.54, 1.807) is 17.3 Å². The van der Waals surface area contributed by atoms with Crippen LogP contribution >= 0.6 is 23.1 Å². The van der Waals surface area contributed by atoms with E-state index in [1.807, 2.05) is 49.4 Å². The summed E-state index contributed by atoms with van der Waals surface area (Å²) in [6, 6.07) is 17.9. The van der Waals surface area contributed by atoms with E-state index in [1.165, 1.54) is 28.7 Å². The summed E-state index contributed by atoms with van der Waals surface area (Å²) in [4.78, 5) is 25.0. The zero-order valence-electron chi connectivity index (χ0n) is 17.4. The van der Waals surface area contributed by atoms with Crippen molar-refractivity contribution < 1.29 is 9.53 Å². The van der Waals surface area contributed by atoms with E-state index in [-0.39, 0.29) is 5.91 Å². The summed E-state index contributed by atoms with van der Waals surface area (Å²) in [5, 5.41) is 0.682. The molecule has 4 aromatic rings. The Bertz CT molecular complexity index is 1160. The van der Waals surface area contributed by atoms with Crippen LogP contribution in [-0.2, 0) is 11.3 Å². The number of anilines is 1. The van der Waals surface area contributed by atoms with Crippen LogP contribution in [0.2, 0.25) is 0 Å². The highest BCUT2D eigenvalue weighted by Crippen LogP contribution is 2.33. The van der Waals surface area contributed by atoms with Crippen LogP contribution < -0.4 is 9.64 Å². The van der Waals surface area contributed by atoms with E-state index in [4.69, 9.17) is 9.72 Å². The molecule has 0 aliphatic rings. The van der Waals surface area contributed by atoms with Gasteiger partial charge in [0.1, 0.15) is 5.75 Å². The van der Waals surface area contributed by atoms with Gasteiger partial charge in [-0.2, -0.15) is 0 Å². The number of hydrogen-bond acceptors (Lipinski definition) is 6. The zero-order valence-corrected chi connectivity index (χ0v) is 19.1. The van der Waals surface area contributed by atoms with Crippen molar-refractivity contribution >= 4 is 44.4 Å². The second-order valence-electron chi connectivity index (χ2n) is 7.00. The van der Waals surface area contributed by atoms with Gasteiger partial charge >= 0.3 is 0 Å². The van der Waals surface area contributed by atoms with Crippen molar-refractivity contribution in [2.75, 3.05) is 17.3 Å². The largest absolute Gasteiger partial charge is 0.494 e. The van der Waals surface area contributed by atoms with Crippen LogP contribution in [0.5, 0.6) is 5.75 Å². The molecule has 0 spiro atoms. The lowest BCUT2D eigenvalue weighted by molar-refractivity contribution is -0.116. The molecule has 0 aliphatic carbocycles. The molecule has 0 saturated carbocycles. The predicted molar refractivity (Wildman–Crippen MR) is 128 cm³/mol. The van der Waals surface area contributed by atoms with Gasteiger partial charge in [0.05, 0.1) is 29.1 Å². The molecule has 4 rings (SSSR count). The minimum absolute atomic E-state index is 0.0125. The predicted octanol–water partition coefficient (Wildman–Crippen LogP) is 5.72. The van der Waals surface area contributed by atoms with Crippen molar-refractivity contribution in [3.8, 4) is 5.75 Å². The van der Waals surface area contributed by atoms with Crippen LogP contribution in [0.4, 0.5) is 5.13 Å². The monoisotopic (exact) mass is 449 g/mol. The lowest BCUT2D eigenvalue weighted by atomic mass is 10.2. The third kappa shape index (κ3) is 5.42. The third-order valence-corrected chi connectivity index (χ3v) is 6.68. The Kier molecular flexibility index (Phi) is 6.84. The molecule has 0 atom stereocenters. The van der Waals surface area contributed by atoms with Crippen molar-refractivity contribution in [3.05, 3.63) is 78.1 Å². The molecular formula is C24H23N3O2S2. The first kappa shape index (κ1) is 21.3. The molecule has 158 valence electrons. The number of thiazole rings is 1. The van der Waals surface area contributed by atoms with Crippen molar-refractivity contribution in [3.63, 3.8) is 0 Å². The Balaban J connectivity index is 1.59. The summed E-state index contributed by atoms with van der Waals surface area (Å²) in [6.07, 6.45) is 3.52. The maximum atomic E-state index is 13.3. The topological polar surface area (TPSA) is 55.3 Å². The van der Waals surface area contributed by atoms with E-state index in [0.29, 0.717) is 24.0 Å². The number of ether oxygens (including phenoxy) is 1. The summed E-state index contributed by atoms with van der Waals surface area (Å²) in [7, 11) is 0. The summed E-state index contributed by atoms with van der Waals surface area (Å²) in [5.74, 6) is 1.16. The van der Waals surface area contributed by atoms with Crippen molar-refractivity contribution in [2.24, 2.45) is 0 Å². The normalized spacial score (nSPS) is 10.9. The van der Waals surface area contributed by atoms with Gasteiger partial charge in [-0.25, -0.2) is 4.98 Å². The number of benzene rings is 2. The van der Waals surface area contributed by atoms with E-state index in [0.717, 1.165) is 26.4 Å². The third-order valence-electron chi connectivity index (χ3n) is 4.64. The number of aryl methyl sites for hydroxylation is 1. The number of carbonyl (C=O) groups excluding carboxylic acids is 1. The van der Waals surface area contributed by atoms with Gasteiger partial charge in [0.2, 0.25) is 5.91 Å². The molecular weight excluding hydrogens is 426 g/mol. The van der Waals surface area contributed by atoms with Gasteiger partial charge < -0.3 is 4.74 Å². The highest BCUT2D eigenvalue weighted by atomic mass is 32.2. The molecule has 0 saturated heterocycles. The van der Waals surface area contributed by atoms with Crippen LogP contribution in [0.25, 0.3) is 10.2 Å². The quantitative estimate of drug-likeness (QED) is 0.322. The number of fused-ring (bicyclic) bond motifs is 1. The Morgan fingerprint density at radius 2 is 2.00 bits per heavy atom. The van der Waals surface area contributed by atoms with Crippen LogP contribution in [0, 0.1) is 6.92 Å². The Labute approximate surface area is 190 Å². The van der Waals surface area contributed by atoms with Gasteiger partial charge in [-0.15, -0.1) is 11.8 Å². The van der Waals surface area contributed by atoms with Gasteiger partial charge in [0.25, 0.3) is 0 Å². The number of aromatic nitrogens is 2. The van der Waals surface area contributed by atoms with E-state index < -0.39 is 0 Å². The molecule has 31 heavy (non-hydrogen) atoms. The van der Waals surface area contributed by atoms with Crippen molar-refractivity contribution in [2.45, 2.75) is 25.3 Å². The molecule has 1 amide bonds. The molecule has 0 bridgehead atoms. The second-order valence-corrected chi connectivity index (χ2v) is 9.06. The van der Waals surface area contributed by atoms with Gasteiger partial charge in [-0.3, -0.25) is 14.7 Å². The molecule has 5 nitrogen and oxygen atoms in total. The first-order valence-corrected chi connectivity index (χ1v) is 11.8. The standard InChI is InChI=1S/C24H23N3O2S2/c1-3-29-19-8-11-21-22(13-19)31-24(26-21)27(15-18-5-4-12-25-14-18)23(28)16-30-20-9-6-17(2)7-10-20/h4-14H,3,15-16H2,1-2H3. The summed E-state index contributed by atoms with van der Waals surface area (Å²) in [6.45, 7) is 5.06. The van der Waals surface area contributed by atoms with Gasteiger partial charge in [-0.1, -0.05) is 35.1 Å². The maximum absolute atomic E-state index is 13.3. The molecule has 0 N–H and O–H groups in total. The molecule has 0 unspecified atom stereocenters. The number of thioether (sulfide) groups is 1. The summed E-state index contributed by atoms with van der Waals surface area (Å²) < 4.78 is 6.61. The van der Waals surface area contributed by atoms with Crippen LogP contribution in [0.3, 0.4) is 0 Å². The van der Waals surface area contributed by atoms with E-state index in [2.05, 4.69) is 24.0 Å². The summed E-state index contributed by atoms with van der Waals surface area (Å²) >= 11 is 3.04. The fraction of sp³-hybridized carbons (Fsp3) is 0.208. The minimum atomic E-state index is 0.0125. The molecule has 0 radical (unpaired) electrons. The first-order chi connectivity index (χ1) is 15.1. The SMILES string of the molecule is CCOc1ccc2nc(N(Cc3cccnc3)C(=O)CSc3ccc(C)cc3)sc2c1. The molecule has 0 fully saturated rings. The van der Waals surface area contributed by atoms with Crippen LogP contribution in [0.1, 0.15) is 18.1 Å². The maximum Gasteiger partial charge on any atom is 0.239 e. The average Bonchev–Trinajstić information content (AvgIpc) is 3.21. The van der Waals surface area contributed by atoms with Crippen molar-refractivity contribution in [1.29, 1.82) is 0 Å². The molecule has 2 aromatic heterocycles. The van der Waals surface area contributed by atoms with Gasteiger partial charge in [0, 0.05) is 17.3 Å². The minimum Gasteiger partial charge on any atom is -0.494 e. The zero-order chi connectivity index (χ0) is 21.6. The van der Waals surface area contributed by atoms with Crippen molar-refractivity contribution in [1.82, 2.24) is 9.97 Å². The first-order valence-electron chi connectivity index (χ1n) is 10.0. The lowest BCUT2D eigenvalue weighted by Crippen LogP contribution is -2.31. The smallest absolute Gasteiger partial charge is 0.239 e. The fourth-order valence-electron chi connectivity index (χ4n) is 3.06. The van der Waals surface area contributed by atoms with Crippen LogP contribution in [-0.4, -0.2) is 28.2 Å². The number of pyridine rings is 1. The molecule has 2 heterocycles. The molecule has 2 aromatic carbocycles. The highest BCUT2D eigenvalue weighted by Gasteiger charge is 2.21. The number of hydrogen-bond donors (Lipinski definition) is 0. The summed E-state index contributed by atoms with van der Waals surface area (Å²) in [5.41, 5.74) is 3.03. The molecule has 0 aliphatic heterocycles. The number of carbonyl (C=O) groups is 1. The number of amides is 1. The van der Waals surface area contributed by atoms with Gasteiger partial charge in [-0.05, 0) is 55.8 Å². The number of rotatable bonds is 8. The van der Waals surface area contributed by atoms with E-state index >= 15 is 0 Å². The Hall–Kier alpha value is -2.90. The molecule has 7 heteroatoms. The van der Waals surface area contributed by atoms with E-state index in [9.17, 15) is 4.79 Å². The highest BCUT2D eigenvalue weighted by molar-refractivity contribution is 8.00.